The SMILES string of the molecule is CCCNc1cnc(CN(CCC#N)CCOC)cn1. The molecule has 0 aliphatic heterocycles. The molecular weight excluding hydrogens is 254 g/mol. The summed E-state index contributed by atoms with van der Waals surface area (Å²) in [6.07, 6.45) is 5.10. The van der Waals surface area contributed by atoms with Crippen LogP contribution in [0.4, 0.5) is 5.82 Å². The number of hydrogen-bond acceptors (Lipinski definition) is 6. The van der Waals surface area contributed by atoms with Crippen molar-refractivity contribution in [2.24, 2.45) is 0 Å². The lowest BCUT2D eigenvalue weighted by atomic mass is 10.3. The highest BCUT2D eigenvalue weighted by Crippen LogP contribution is 2.05. The van der Waals surface area contributed by atoms with E-state index in [0.29, 0.717) is 19.6 Å². The van der Waals surface area contributed by atoms with Crippen LogP contribution in [0.2, 0.25) is 0 Å². The van der Waals surface area contributed by atoms with Crippen LogP contribution >= 0.6 is 0 Å². The van der Waals surface area contributed by atoms with Gasteiger partial charge in [-0.25, -0.2) is 4.98 Å². The fourth-order valence-corrected chi connectivity index (χ4v) is 1.71. The number of nitrogens with zero attached hydrogens (tertiary/aromatic N) is 4. The number of methoxy groups -OCH3 is 1. The molecule has 0 bridgehead atoms. The lowest BCUT2D eigenvalue weighted by molar-refractivity contribution is 0.144. The van der Waals surface area contributed by atoms with E-state index in [2.05, 4.69) is 33.2 Å². The summed E-state index contributed by atoms with van der Waals surface area (Å²) < 4.78 is 5.08. The molecule has 1 N–H and O–H groups in total. The van der Waals surface area contributed by atoms with Gasteiger partial charge in [0.1, 0.15) is 5.82 Å². The Morgan fingerprint density at radius 3 is 2.80 bits per heavy atom. The minimum atomic E-state index is 0.507. The summed E-state index contributed by atoms with van der Waals surface area (Å²) in [4.78, 5) is 10.9. The molecule has 1 aromatic rings. The summed E-state index contributed by atoms with van der Waals surface area (Å²) in [6, 6.07) is 2.16. The fraction of sp³-hybridized carbons (Fsp3) is 0.643. The largest absolute Gasteiger partial charge is 0.383 e. The minimum absolute atomic E-state index is 0.507. The van der Waals surface area contributed by atoms with Crippen molar-refractivity contribution in [3.05, 3.63) is 18.1 Å². The van der Waals surface area contributed by atoms with Crippen molar-refractivity contribution in [3.8, 4) is 6.07 Å². The first-order chi connectivity index (χ1) is 9.80. The van der Waals surface area contributed by atoms with E-state index < -0.39 is 0 Å². The molecule has 6 nitrogen and oxygen atoms in total. The lowest BCUT2D eigenvalue weighted by Gasteiger charge is -2.20. The molecule has 1 rings (SSSR count). The van der Waals surface area contributed by atoms with Crippen molar-refractivity contribution in [3.63, 3.8) is 0 Å². The topological polar surface area (TPSA) is 74.1 Å². The van der Waals surface area contributed by atoms with Gasteiger partial charge in [0.2, 0.25) is 0 Å². The third-order valence-corrected chi connectivity index (χ3v) is 2.80. The molecule has 0 atom stereocenters. The Balaban J connectivity index is 2.51. The Bertz CT molecular complexity index is 401. The Kier molecular flexibility index (Phi) is 8.27. The minimum Gasteiger partial charge on any atom is -0.383 e. The first-order valence-corrected chi connectivity index (χ1v) is 6.93. The molecular formula is C14H23N5O. The summed E-state index contributed by atoms with van der Waals surface area (Å²) in [6.45, 7) is 5.85. The van der Waals surface area contributed by atoms with E-state index in [1.165, 1.54) is 0 Å². The molecule has 0 spiro atoms. The Morgan fingerprint density at radius 2 is 2.20 bits per heavy atom. The average Bonchev–Trinajstić information content (AvgIpc) is 2.49. The van der Waals surface area contributed by atoms with E-state index >= 15 is 0 Å². The van der Waals surface area contributed by atoms with E-state index in [4.69, 9.17) is 10.00 Å². The van der Waals surface area contributed by atoms with E-state index in [1.807, 2.05) is 0 Å². The van der Waals surface area contributed by atoms with Crippen LogP contribution < -0.4 is 5.32 Å². The van der Waals surface area contributed by atoms with Crippen LogP contribution in [-0.2, 0) is 11.3 Å². The van der Waals surface area contributed by atoms with Gasteiger partial charge in [-0.2, -0.15) is 5.26 Å². The zero-order valence-electron chi connectivity index (χ0n) is 12.3. The van der Waals surface area contributed by atoms with Crippen LogP contribution in [0.5, 0.6) is 0 Å². The molecule has 0 aliphatic carbocycles. The summed E-state index contributed by atoms with van der Waals surface area (Å²) in [5.41, 5.74) is 0.904. The Labute approximate surface area is 120 Å². The van der Waals surface area contributed by atoms with Crippen molar-refractivity contribution in [1.82, 2.24) is 14.9 Å². The van der Waals surface area contributed by atoms with Crippen molar-refractivity contribution >= 4 is 5.82 Å². The van der Waals surface area contributed by atoms with Gasteiger partial charge in [-0.1, -0.05) is 6.92 Å². The van der Waals surface area contributed by atoms with Crippen molar-refractivity contribution in [1.29, 1.82) is 5.26 Å². The van der Waals surface area contributed by atoms with Gasteiger partial charge >= 0.3 is 0 Å². The predicted molar refractivity (Wildman–Crippen MR) is 78.2 cm³/mol. The third-order valence-electron chi connectivity index (χ3n) is 2.80. The van der Waals surface area contributed by atoms with Crippen LogP contribution in [0.3, 0.4) is 0 Å². The highest BCUT2D eigenvalue weighted by Gasteiger charge is 2.07. The molecule has 0 radical (unpaired) electrons. The summed E-state index contributed by atoms with van der Waals surface area (Å²) in [5, 5.41) is 11.9. The maximum atomic E-state index is 8.68. The van der Waals surface area contributed by atoms with Crippen LogP contribution in [-0.4, -0.2) is 48.2 Å². The quantitative estimate of drug-likeness (QED) is 0.701. The fourth-order valence-electron chi connectivity index (χ4n) is 1.71. The molecule has 0 saturated heterocycles. The third kappa shape index (κ3) is 6.45. The molecule has 0 amide bonds. The number of hydrogen-bond donors (Lipinski definition) is 1. The second kappa shape index (κ2) is 10.1. The molecule has 0 aromatic carbocycles. The lowest BCUT2D eigenvalue weighted by Crippen LogP contribution is -2.28. The molecule has 6 heteroatoms. The number of ether oxygens (including phenoxy) is 1. The van der Waals surface area contributed by atoms with Crippen LogP contribution in [0.25, 0.3) is 0 Å². The zero-order chi connectivity index (χ0) is 14.6. The van der Waals surface area contributed by atoms with E-state index in [-0.39, 0.29) is 0 Å². The molecule has 0 aliphatic rings. The van der Waals surface area contributed by atoms with Gasteiger partial charge < -0.3 is 10.1 Å². The second-order valence-electron chi connectivity index (χ2n) is 4.50. The van der Waals surface area contributed by atoms with Crippen LogP contribution in [0, 0.1) is 11.3 Å². The number of anilines is 1. The van der Waals surface area contributed by atoms with Gasteiger partial charge in [0.15, 0.2) is 0 Å². The van der Waals surface area contributed by atoms with Crippen molar-refractivity contribution in [2.45, 2.75) is 26.3 Å². The zero-order valence-corrected chi connectivity index (χ0v) is 12.3. The smallest absolute Gasteiger partial charge is 0.144 e. The van der Waals surface area contributed by atoms with Gasteiger partial charge in [-0.3, -0.25) is 9.88 Å². The van der Waals surface area contributed by atoms with Gasteiger partial charge in [0.25, 0.3) is 0 Å². The summed E-state index contributed by atoms with van der Waals surface area (Å²) in [7, 11) is 1.68. The molecule has 1 heterocycles. The molecule has 1 aromatic heterocycles. The van der Waals surface area contributed by atoms with Crippen LogP contribution in [0.1, 0.15) is 25.5 Å². The van der Waals surface area contributed by atoms with E-state index in [9.17, 15) is 0 Å². The highest BCUT2D eigenvalue weighted by atomic mass is 16.5. The van der Waals surface area contributed by atoms with E-state index in [0.717, 1.165) is 37.6 Å². The maximum Gasteiger partial charge on any atom is 0.144 e. The van der Waals surface area contributed by atoms with Crippen LogP contribution in [0.15, 0.2) is 12.4 Å². The molecule has 20 heavy (non-hydrogen) atoms. The van der Waals surface area contributed by atoms with Crippen molar-refractivity contribution < 1.29 is 4.74 Å². The highest BCUT2D eigenvalue weighted by molar-refractivity contribution is 5.30. The standard InChI is InChI=1S/C14H23N5O/c1-3-6-16-14-11-17-13(10-18-14)12-19(7-4-5-15)8-9-20-2/h10-11H,3-4,6-9,12H2,1-2H3,(H,16,18). The number of aromatic nitrogens is 2. The molecule has 110 valence electrons. The monoisotopic (exact) mass is 277 g/mol. The molecule has 0 fully saturated rings. The van der Waals surface area contributed by atoms with Gasteiger partial charge in [-0.15, -0.1) is 0 Å². The summed E-state index contributed by atoms with van der Waals surface area (Å²) >= 11 is 0. The Hall–Kier alpha value is -1.71. The normalized spacial score (nSPS) is 10.5. The van der Waals surface area contributed by atoms with Crippen molar-refractivity contribution in [2.75, 3.05) is 38.7 Å². The summed E-state index contributed by atoms with van der Waals surface area (Å²) in [5.74, 6) is 0.802. The first-order valence-electron chi connectivity index (χ1n) is 6.93. The van der Waals surface area contributed by atoms with Gasteiger partial charge in [-0.05, 0) is 6.42 Å². The predicted octanol–water partition coefficient (Wildman–Crippen LogP) is 1.66. The molecule has 0 saturated carbocycles. The first kappa shape index (κ1) is 16.3. The van der Waals surface area contributed by atoms with Gasteiger partial charge in [0, 0.05) is 39.7 Å². The maximum absolute atomic E-state index is 8.68. The van der Waals surface area contributed by atoms with Gasteiger partial charge in [0.05, 0.1) is 30.8 Å². The number of nitrogens with one attached hydrogen (secondary N) is 1. The number of nitriles is 1. The Morgan fingerprint density at radius 1 is 1.35 bits per heavy atom. The van der Waals surface area contributed by atoms with E-state index in [1.54, 1.807) is 19.5 Å². The molecule has 0 unspecified atom stereocenters. The number of rotatable bonds is 10. The second-order valence-corrected chi connectivity index (χ2v) is 4.50. The average molecular weight is 277 g/mol.